The Balaban J connectivity index is 2.03. The van der Waals surface area contributed by atoms with Crippen LogP contribution in [0.15, 0.2) is 0 Å². The molecule has 0 N–H and O–H groups in total. The molecule has 0 unspecified atom stereocenters. The first-order valence-electron chi connectivity index (χ1n) is 3.69. The standard InChI is InChI=1S/C8H15/c1-3-4-7(2)8-5-6-8/h7H,3-6H2,1-2H3/t7-/m0/s1. The zero-order chi connectivity index (χ0) is 5.98. The van der Waals surface area contributed by atoms with E-state index in [1.54, 1.807) is 0 Å². The Morgan fingerprint density at radius 1 is 1.50 bits per heavy atom. The van der Waals surface area contributed by atoms with E-state index in [-0.39, 0.29) is 0 Å². The molecule has 1 aliphatic rings. The number of hydrogen-bond acceptors (Lipinski definition) is 0. The molecule has 0 aromatic carbocycles. The van der Waals surface area contributed by atoms with Crippen LogP contribution in [0.5, 0.6) is 0 Å². The first kappa shape index (κ1) is 6.12. The van der Waals surface area contributed by atoms with Crippen molar-refractivity contribution in [3.63, 3.8) is 0 Å². The second kappa shape index (κ2) is 2.52. The molecule has 0 spiro atoms. The Hall–Kier alpha value is 0. The van der Waals surface area contributed by atoms with Crippen LogP contribution < -0.4 is 0 Å². The van der Waals surface area contributed by atoms with E-state index in [2.05, 4.69) is 13.8 Å². The van der Waals surface area contributed by atoms with Gasteiger partial charge < -0.3 is 0 Å². The molecule has 0 aromatic heterocycles. The molecule has 8 heavy (non-hydrogen) atoms. The minimum atomic E-state index is 0.944. The summed E-state index contributed by atoms with van der Waals surface area (Å²) < 4.78 is 0. The quantitative estimate of drug-likeness (QED) is 0.525. The van der Waals surface area contributed by atoms with Gasteiger partial charge in [-0.05, 0) is 24.7 Å². The van der Waals surface area contributed by atoms with Crippen LogP contribution in [0.4, 0.5) is 0 Å². The molecule has 47 valence electrons. The Morgan fingerprint density at radius 3 is 2.50 bits per heavy atom. The molecule has 1 radical (unpaired) electrons. The maximum atomic E-state index is 2.35. The van der Waals surface area contributed by atoms with Gasteiger partial charge in [0.05, 0.1) is 0 Å². The zero-order valence-corrected chi connectivity index (χ0v) is 5.91. The number of rotatable bonds is 3. The van der Waals surface area contributed by atoms with Crippen molar-refractivity contribution in [3.8, 4) is 0 Å². The molecule has 0 amide bonds. The Labute approximate surface area is 52.3 Å². The molecule has 1 atom stereocenters. The highest BCUT2D eigenvalue weighted by Crippen LogP contribution is 2.40. The van der Waals surface area contributed by atoms with E-state index < -0.39 is 0 Å². The van der Waals surface area contributed by atoms with Gasteiger partial charge in [-0.25, -0.2) is 0 Å². The van der Waals surface area contributed by atoms with E-state index in [0.29, 0.717) is 0 Å². The topological polar surface area (TPSA) is 0 Å². The smallest absolute Gasteiger partial charge is 0.0212 e. The average molecular weight is 111 g/mol. The summed E-state index contributed by atoms with van der Waals surface area (Å²) in [5.41, 5.74) is 0. The third kappa shape index (κ3) is 1.50. The first-order valence-corrected chi connectivity index (χ1v) is 3.69. The van der Waals surface area contributed by atoms with Gasteiger partial charge in [0.1, 0.15) is 0 Å². The average Bonchev–Trinajstić information content (AvgIpc) is 2.45. The lowest BCUT2D eigenvalue weighted by Gasteiger charge is -2.04. The minimum absolute atomic E-state index is 0.944. The second-order valence-electron chi connectivity index (χ2n) is 2.85. The van der Waals surface area contributed by atoms with Crippen LogP contribution in [-0.2, 0) is 0 Å². The van der Waals surface area contributed by atoms with Gasteiger partial charge in [0, 0.05) is 0 Å². The van der Waals surface area contributed by atoms with Gasteiger partial charge in [-0.2, -0.15) is 0 Å². The van der Waals surface area contributed by atoms with Crippen LogP contribution >= 0.6 is 0 Å². The van der Waals surface area contributed by atoms with Crippen LogP contribution in [0, 0.1) is 11.8 Å². The summed E-state index contributed by atoms with van der Waals surface area (Å²) in [6, 6.07) is 0. The highest BCUT2D eigenvalue weighted by atomic mass is 14.3. The highest BCUT2D eigenvalue weighted by Gasteiger charge is 2.27. The largest absolute Gasteiger partial charge is 0.0654 e. The fourth-order valence-electron chi connectivity index (χ4n) is 1.20. The van der Waals surface area contributed by atoms with Crippen molar-refractivity contribution in [1.29, 1.82) is 0 Å². The van der Waals surface area contributed by atoms with Crippen LogP contribution in [0.2, 0.25) is 0 Å². The molecular formula is C8H15. The zero-order valence-electron chi connectivity index (χ0n) is 5.91. The first-order chi connectivity index (χ1) is 3.84. The summed E-state index contributed by atoms with van der Waals surface area (Å²) in [6.45, 7) is 4.62. The van der Waals surface area contributed by atoms with Crippen molar-refractivity contribution in [3.05, 3.63) is 5.92 Å². The molecule has 1 aliphatic carbocycles. The van der Waals surface area contributed by atoms with Crippen molar-refractivity contribution in [1.82, 2.24) is 0 Å². The maximum Gasteiger partial charge on any atom is -0.0212 e. The van der Waals surface area contributed by atoms with E-state index in [0.717, 1.165) is 5.92 Å². The lowest BCUT2D eigenvalue weighted by Crippen LogP contribution is -1.92. The molecule has 1 fully saturated rings. The SMILES string of the molecule is CCC[C@H](C)[C]1CC1. The molecule has 0 bridgehead atoms. The summed E-state index contributed by atoms with van der Waals surface area (Å²) in [7, 11) is 0. The van der Waals surface area contributed by atoms with E-state index in [1.807, 2.05) is 5.92 Å². The van der Waals surface area contributed by atoms with Crippen molar-refractivity contribution in [2.45, 2.75) is 39.5 Å². The summed E-state index contributed by atoms with van der Waals surface area (Å²) >= 11 is 0. The highest BCUT2D eigenvalue weighted by molar-refractivity contribution is 5.08. The van der Waals surface area contributed by atoms with Crippen molar-refractivity contribution < 1.29 is 0 Å². The lowest BCUT2D eigenvalue weighted by molar-refractivity contribution is 0.581. The molecule has 1 saturated carbocycles. The maximum absolute atomic E-state index is 2.35. The predicted molar refractivity (Wildman–Crippen MR) is 36.5 cm³/mol. The molecule has 0 heterocycles. The van der Waals surface area contributed by atoms with Gasteiger partial charge in [0.25, 0.3) is 0 Å². The summed E-state index contributed by atoms with van der Waals surface area (Å²) in [6.07, 6.45) is 5.63. The number of hydrogen-bond donors (Lipinski definition) is 0. The molecule has 1 rings (SSSR count). The van der Waals surface area contributed by atoms with E-state index >= 15 is 0 Å². The van der Waals surface area contributed by atoms with Crippen molar-refractivity contribution >= 4 is 0 Å². The van der Waals surface area contributed by atoms with Crippen molar-refractivity contribution in [2.75, 3.05) is 0 Å². The van der Waals surface area contributed by atoms with Gasteiger partial charge in [-0.15, -0.1) is 0 Å². The molecule has 0 aromatic rings. The second-order valence-corrected chi connectivity index (χ2v) is 2.85. The van der Waals surface area contributed by atoms with Gasteiger partial charge in [0.2, 0.25) is 0 Å². The van der Waals surface area contributed by atoms with Crippen LogP contribution in [0.25, 0.3) is 0 Å². The van der Waals surface area contributed by atoms with E-state index in [1.165, 1.54) is 25.7 Å². The van der Waals surface area contributed by atoms with E-state index in [4.69, 9.17) is 0 Å². The molecular weight excluding hydrogens is 96.1 g/mol. The molecule has 0 heteroatoms. The van der Waals surface area contributed by atoms with Crippen LogP contribution in [-0.4, -0.2) is 0 Å². The third-order valence-corrected chi connectivity index (χ3v) is 1.96. The van der Waals surface area contributed by atoms with Gasteiger partial charge in [-0.1, -0.05) is 26.7 Å². The monoisotopic (exact) mass is 111 g/mol. The predicted octanol–water partition coefficient (Wildman–Crippen LogP) is 2.79. The van der Waals surface area contributed by atoms with Crippen molar-refractivity contribution in [2.24, 2.45) is 5.92 Å². The molecule has 0 nitrogen and oxygen atoms in total. The Bertz CT molecular complexity index is 62.4. The molecule has 0 aliphatic heterocycles. The summed E-state index contributed by atoms with van der Waals surface area (Å²) in [5.74, 6) is 2.76. The summed E-state index contributed by atoms with van der Waals surface area (Å²) in [5, 5.41) is 0. The lowest BCUT2D eigenvalue weighted by atomic mass is 10.0. The Morgan fingerprint density at radius 2 is 2.12 bits per heavy atom. The van der Waals surface area contributed by atoms with Gasteiger partial charge >= 0.3 is 0 Å². The third-order valence-electron chi connectivity index (χ3n) is 1.96. The molecule has 0 saturated heterocycles. The van der Waals surface area contributed by atoms with Crippen LogP contribution in [0.1, 0.15) is 39.5 Å². The minimum Gasteiger partial charge on any atom is -0.0654 e. The summed E-state index contributed by atoms with van der Waals surface area (Å²) in [4.78, 5) is 0. The van der Waals surface area contributed by atoms with Gasteiger partial charge in [-0.3, -0.25) is 0 Å². The fraction of sp³-hybridized carbons (Fsp3) is 0.875. The fourth-order valence-corrected chi connectivity index (χ4v) is 1.20. The van der Waals surface area contributed by atoms with Gasteiger partial charge in [0.15, 0.2) is 0 Å². The normalized spacial score (nSPS) is 23.2. The Kier molecular flexibility index (Phi) is 1.93. The van der Waals surface area contributed by atoms with E-state index in [9.17, 15) is 0 Å². The van der Waals surface area contributed by atoms with Crippen LogP contribution in [0.3, 0.4) is 0 Å².